The van der Waals surface area contributed by atoms with Crippen LogP contribution in [0.2, 0.25) is 0 Å². The molecule has 212 valence electrons. The van der Waals surface area contributed by atoms with Crippen LogP contribution in [-0.4, -0.2) is 35.4 Å². The van der Waals surface area contributed by atoms with Crippen LogP contribution in [-0.2, 0) is 22.6 Å². The molecule has 0 unspecified atom stereocenters. The molecule has 0 heterocycles. The Morgan fingerprint density at radius 2 is 1.59 bits per heavy atom. The number of benzene rings is 4. The summed E-state index contributed by atoms with van der Waals surface area (Å²) in [6.45, 7) is 0.100. The largest absolute Gasteiger partial charge is 0.483 e. The summed E-state index contributed by atoms with van der Waals surface area (Å²) in [6.07, 6.45) is 5.80. The lowest BCUT2D eigenvalue weighted by molar-refractivity contribution is -0.143. The number of hydrogen-bond acceptors (Lipinski definition) is 3. The standard InChI is InChI=1S/C34H34Br2N2O3/c35-27-14-9-12-25(20-27)22-38(32(39)23-41-31-19-18-26-13-7-8-17-29(26)33(31)36)30(21-24-10-3-1-4-11-24)34(40)37-28-15-5-2-6-16-28/h1,3-4,7-14,17-20,28,30H,2,5-6,15-16,21-23H2,(H,37,40)/t30-/m1/s1. The summed E-state index contributed by atoms with van der Waals surface area (Å²) in [5, 5.41) is 5.38. The highest BCUT2D eigenvalue weighted by atomic mass is 79.9. The number of amides is 2. The van der Waals surface area contributed by atoms with Gasteiger partial charge in [0, 0.05) is 23.5 Å². The van der Waals surface area contributed by atoms with Gasteiger partial charge in [-0.05, 0) is 68.9 Å². The Labute approximate surface area is 258 Å². The van der Waals surface area contributed by atoms with Crippen LogP contribution in [0.25, 0.3) is 10.8 Å². The van der Waals surface area contributed by atoms with Crippen LogP contribution >= 0.6 is 31.9 Å². The van der Waals surface area contributed by atoms with E-state index < -0.39 is 6.04 Å². The van der Waals surface area contributed by atoms with E-state index in [4.69, 9.17) is 4.74 Å². The zero-order chi connectivity index (χ0) is 28.6. The van der Waals surface area contributed by atoms with E-state index in [1.165, 1.54) is 6.42 Å². The van der Waals surface area contributed by atoms with E-state index in [9.17, 15) is 9.59 Å². The Balaban J connectivity index is 1.43. The van der Waals surface area contributed by atoms with Crippen molar-refractivity contribution in [3.05, 3.63) is 111 Å². The fraction of sp³-hybridized carbons (Fsp3) is 0.294. The quantitative estimate of drug-likeness (QED) is 0.186. The first-order valence-electron chi connectivity index (χ1n) is 14.2. The van der Waals surface area contributed by atoms with Crippen molar-refractivity contribution in [2.24, 2.45) is 0 Å². The van der Waals surface area contributed by atoms with E-state index >= 15 is 0 Å². The summed E-state index contributed by atoms with van der Waals surface area (Å²) >= 11 is 7.21. The van der Waals surface area contributed by atoms with Gasteiger partial charge in [-0.25, -0.2) is 0 Å². The molecule has 5 nitrogen and oxygen atoms in total. The number of rotatable bonds is 10. The van der Waals surface area contributed by atoms with E-state index in [0.717, 1.165) is 56.5 Å². The van der Waals surface area contributed by atoms with Crippen molar-refractivity contribution in [2.45, 2.75) is 57.2 Å². The molecular weight excluding hydrogens is 644 g/mol. The van der Waals surface area contributed by atoms with Gasteiger partial charge in [-0.2, -0.15) is 0 Å². The highest BCUT2D eigenvalue weighted by Gasteiger charge is 2.32. The van der Waals surface area contributed by atoms with Crippen molar-refractivity contribution in [2.75, 3.05) is 6.61 Å². The first-order chi connectivity index (χ1) is 20.0. The number of ether oxygens (including phenoxy) is 1. The van der Waals surface area contributed by atoms with Crippen LogP contribution in [0.1, 0.15) is 43.2 Å². The van der Waals surface area contributed by atoms with Crippen molar-refractivity contribution in [3.63, 3.8) is 0 Å². The molecule has 4 aromatic rings. The summed E-state index contributed by atoms with van der Waals surface area (Å²) in [4.78, 5) is 29.6. The van der Waals surface area contributed by atoms with Gasteiger partial charge < -0.3 is 15.0 Å². The highest BCUT2D eigenvalue weighted by Crippen LogP contribution is 2.33. The number of nitrogens with zero attached hydrogens (tertiary/aromatic N) is 1. The zero-order valence-electron chi connectivity index (χ0n) is 22.9. The minimum Gasteiger partial charge on any atom is -0.483 e. The normalized spacial score (nSPS) is 14.4. The van der Waals surface area contributed by atoms with Gasteiger partial charge in [0.15, 0.2) is 6.61 Å². The predicted octanol–water partition coefficient (Wildman–Crippen LogP) is 7.83. The predicted molar refractivity (Wildman–Crippen MR) is 171 cm³/mol. The van der Waals surface area contributed by atoms with Gasteiger partial charge in [-0.1, -0.05) is 108 Å². The van der Waals surface area contributed by atoms with Crippen LogP contribution in [0.3, 0.4) is 0 Å². The van der Waals surface area contributed by atoms with Crippen molar-refractivity contribution in [3.8, 4) is 5.75 Å². The Hall–Kier alpha value is -3.16. The van der Waals surface area contributed by atoms with Gasteiger partial charge in [0.1, 0.15) is 11.8 Å². The van der Waals surface area contributed by atoms with E-state index in [0.29, 0.717) is 12.2 Å². The summed E-state index contributed by atoms with van der Waals surface area (Å²) in [6, 6.07) is 29.1. The number of hydrogen-bond donors (Lipinski definition) is 1. The summed E-state index contributed by atoms with van der Waals surface area (Å²) < 4.78 is 7.82. The molecule has 0 aliphatic heterocycles. The third-order valence-corrected chi connectivity index (χ3v) is 8.95. The molecule has 5 rings (SSSR count). The first-order valence-corrected chi connectivity index (χ1v) is 15.7. The molecule has 2 amide bonds. The molecule has 1 aliphatic carbocycles. The minimum absolute atomic E-state index is 0.115. The molecule has 0 saturated heterocycles. The lowest BCUT2D eigenvalue weighted by atomic mass is 9.94. The average Bonchev–Trinajstić information content (AvgIpc) is 2.99. The second-order valence-electron chi connectivity index (χ2n) is 10.6. The second kappa shape index (κ2) is 14.1. The van der Waals surface area contributed by atoms with Crippen molar-refractivity contribution >= 4 is 54.4 Å². The van der Waals surface area contributed by atoms with Crippen LogP contribution in [0.5, 0.6) is 5.75 Å². The number of carbonyl (C=O) groups excluding carboxylic acids is 2. The van der Waals surface area contributed by atoms with Crippen LogP contribution in [0.15, 0.2) is 99.9 Å². The number of fused-ring (bicyclic) bond motifs is 1. The van der Waals surface area contributed by atoms with E-state index in [1.54, 1.807) is 4.90 Å². The molecule has 4 aromatic carbocycles. The minimum atomic E-state index is -0.686. The maximum absolute atomic E-state index is 14.0. The molecule has 0 bridgehead atoms. The molecule has 1 atom stereocenters. The van der Waals surface area contributed by atoms with Crippen LogP contribution in [0, 0.1) is 0 Å². The van der Waals surface area contributed by atoms with Crippen LogP contribution < -0.4 is 10.1 Å². The van der Waals surface area contributed by atoms with Gasteiger partial charge in [0.2, 0.25) is 5.91 Å². The van der Waals surface area contributed by atoms with Gasteiger partial charge in [0.25, 0.3) is 5.91 Å². The number of halogens is 2. The SMILES string of the molecule is O=C(NC1CCCCC1)[C@@H](Cc1ccccc1)N(Cc1cccc(Br)c1)C(=O)COc1ccc2ccccc2c1Br. The van der Waals surface area contributed by atoms with Crippen molar-refractivity contribution in [1.82, 2.24) is 10.2 Å². The average molecular weight is 678 g/mol. The monoisotopic (exact) mass is 676 g/mol. The van der Waals surface area contributed by atoms with E-state index in [-0.39, 0.29) is 31.0 Å². The lowest BCUT2D eigenvalue weighted by Gasteiger charge is -2.33. The summed E-state index contributed by atoms with van der Waals surface area (Å²) in [5.41, 5.74) is 1.93. The molecule has 1 saturated carbocycles. The Morgan fingerprint density at radius 1 is 0.854 bits per heavy atom. The molecule has 1 aliphatic rings. The fourth-order valence-corrected chi connectivity index (χ4v) is 6.53. The van der Waals surface area contributed by atoms with Gasteiger partial charge in [0.05, 0.1) is 4.47 Å². The van der Waals surface area contributed by atoms with Crippen molar-refractivity contribution in [1.29, 1.82) is 0 Å². The molecule has 0 spiro atoms. The maximum atomic E-state index is 14.0. The smallest absolute Gasteiger partial charge is 0.261 e. The molecular formula is C34H34Br2N2O3. The molecule has 0 aromatic heterocycles. The molecule has 7 heteroatoms. The van der Waals surface area contributed by atoms with Crippen LogP contribution in [0.4, 0.5) is 0 Å². The third kappa shape index (κ3) is 7.77. The highest BCUT2D eigenvalue weighted by molar-refractivity contribution is 9.11. The molecule has 1 N–H and O–H groups in total. The third-order valence-electron chi connectivity index (χ3n) is 7.64. The van der Waals surface area contributed by atoms with Gasteiger partial charge in [-0.3, -0.25) is 9.59 Å². The van der Waals surface area contributed by atoms with Gasteiger partial charge in [-0.15, -0.1) is 0 Å². The molecule has 1 fully saturated rings. The zero-order valence-corrected chi connectivity index (χ0v) is 26.1. The summed E-state index contributed by atoms with van der Waals surface area (Å²) in [7, 11) is 0. The number of carbonyl (C=O) groups is 2. The molecule has 41 heavy (non-hydrogen) atoms. The Kier molecular flexibility index (Phi) is 10.1. The molecule has 0 radical (unpaired) electrons. The van der Waals surface area contributed by atoms with Crippen molar-refractivity contribution < 1.29 is 14.3 Å². The Bertz CT molecular complexity index is 1490. The fourth-order valence-electron chi connectivity index (χ4n) is 5.48. The number of nitrogens with one attached hydrogen (secondary N) is 1. The second-order valence-corrected chi connectivity index (χ2v) is 12.3. The first kappa shape index (κ1) is 29.3. The van der Waals surface area contributed by atoms with Gasteiger partial charge >= 0.3 is 0 Å². The van der Waals surface area contributed by atoms with E-state index in [1.807, 2.05) is 91.0 Å². The summed E-state index contributed by atoms with van der Waals surface area (Å²) in [5.74, 6) is 0.228. The van der Waals surface area contributed by atoms with E-state index in [2.05, 4.69) is 37.2 Å². The topological polar surface area (TPSA) is 58.6 Å². The maximum Gasteiger partial charge on any atom is 0.261 e. The Morgan fingerprint density at radius 3 is 2.37 bits per heavy atom. The lowest BCUT2D eigenvalue weighted by Crippen LogP contribution is -2.53.